The molecule has 4 atom stereocenters. The Morgan fingerprint density at radius 2 is 2.20 bits per heavy atom. The summed E-state index contributed by atoms with van der Waals surface area (Å²) in [6.45, 7) is 1.88. The number of amides is 1. The molecule has 2 N–H and O–H groups in total. The Hall–Kier alpha value is -1.17. The summed E-state index contributed by atoms with van der Waals surface area (Å²) in [5.74, 6) is -0.275. The normalized spacial score (nSPS) is 40.5. The molecule has 2 aliphatic rings. The van der Waals surface area contributed by atoms with Crippen molar-refractivity contribution in [2.45, 2.75) is 44.4 Å². The van der Waals surface area contributed by atoms with E-state index in [9.17, 15) is 14.9 Å². The highest BCUT2D eigenvalue weighted by Gasteiger charge is 2.42. The van der Waals surface area contributed by atoms with Gasteiger partial charge in [0, 0.05) is 23.8 Å². The second-order valence-corrected chi connectivity index (χ2v) is 4.36. The Kier molecular flexibility index (Phi) is 2.60. The molecule has 1 aliphatic carbocycles. The number of nitrogens with zero attached hydrogens (tertiary/aromatic N) is 1. The van der Waals surface area contributed by atoms with Gasteiger partial charge in [-0.15, -0.1) is 0 Å². The lowest BCUT2D eigenvalue weighted by Crippen LogP contribution is -2.62. The quantitative estimate of drug-likeness (QED) is 0.469. The van der Waals surface area contributed by atoms with Crippen LogP contribution in [0.2, 0.25) is 0 Å². The van der Waals surface area contributed by atoms with Crippen LogP contribution in [-0.4, -0.2) is 29.1 Å². The zero-order valence-corrected chi connectivity index (χ0v) is 8.60. The SMILES string of the molecule is CC1NC(=O)C2CC([N+](=O)[O-])CCC2N1. The molecule has 15 heavy (non-hydrogen) atoms. The van der Waals surface area contributed by atoms with Crippen LogP contribution in [0.1, 0.15) is 26.2 Å². The summed E-state index contributed by atoms with van der Waals surface area (Å²) in [6, 6.07) is -0.433. The van der Waals surface area contributed by atoms with Crippen molar-refractivity contribution >= 4 is 5.91 Å². The molecule has 1 aliphatic heterocycles. The van der Waals surface area contributed by atoms with E-state index in [0.717, 1.165) is 0 Å². The first-order valence-corrected chi connectivity index (χ1v) is 5.28. The summed E-state index contributed by atoms with van der Waals surface area (Å²) < 4.78 is 0. The molecule has 0 aromatic carbocycles. The molecule has 0 aromatic heterocycles. The van der Waals surface area contributed by atoms with E-state index >= 15 is 0 Å². The van der Waals surface area contributed by atoms with E-state index in [1.165, 1.54) is 0 Å². The number of nitro groups is 1. The summed E-state index contributed by atoms with van der Waals surface area (Å²) in [5.41, 5.74) is 0. The molecule has 1 saturated heterocycles. The lowest BCUT2D eigenvalue weighted by Gasteiger charge is -2.39. The van der Waals surface area contributed by atoms with Crippen LogP contribution in [0.3, 0.4) is 0 Å². The van der Waals surface area contributed by atoms with Gasteiger partial charge in [0.15, 0.2) is 0 Å². The smallest absolute Gasteiger partial charge is 0.226 e. The van der Waals surface area contributed by atoms with E-state index in [1.807, 2.05) is 6.92 Å². The number of rotatable bonds is 1. The predicted octanol–water partition coefficient (Wildman–Crippen LogP) is -0.134. The highest BCUT2D eigenvalue weighted by Crippen LogP contribution is 2.28. The first-order valence-electron chi connectivity index (χ1n) is 5.28. The van der Waals surface area contributed by atoms with Crippen molar-refractivity contribution in [3.63, 3.8) is 0 Å². The molecule has 0 aromatic rings. The van der Waals surface area contributed by atoms with E-state index < -0.39 is 6.04 Å². The van der Waals surface area contributed by atoms with Gasteiger partial charge in [0.05, 0.1) is 12.1 Å². The number of hydrogen-bond donors (Lipinski definition) is 2. The van der Waals surface area contributed by atoms with Gasteiger partial charge in [-0.2, -0.15) is 0 Å². The lowest BCUT2D eigenvalue weighted by molar-refractivity contribution is -0.527. The van der Waals surface area contributed by atoms with Crippen LogP contribution in [0.5, 0.6) is 0 Å². The minimum atomic E-state index is -0.549. The Morgan fingerprint density at radius 3 is 2.87 bits per heavy atom. The van der Waals surface area contributed by atoms with E-state index in [4.69, 9.17) is 0 Å². The van der Waals surface area contributed by atoms with Gasteiger partial charge in [-0.1, -0.05) is 0 Å². The predicted molar refractivity (Wildman–Crippen MR) is 52.7 cm³/mol. The lowest BCUT2D eigenvalue weighted by atomic mass is 9.80. The average molecular weight is 213 g/mol. The second-order valence-electron chi connectivity index (χ2n) is 4.36. The number of nitrogens with one attached hydrogen (secondary N) is 2. The maximum Gasteiger partial charge on any atom is 0.226 e. The third kappa shape index (κ3) is 1.94. The molecule has 0 spiro atoms. The van der Waals surface area contributed by atoms with Crippen molar-refractivity contribution in [1.82, 2.24) is 10.6 Å². The largest absolute Gasteiger partial charge is 0.341 e. The van der Waals surface area contributed by atoms with Crippen molar-refractivity contribution in [3.8, 4) is 0 Å². The van der Waals surface area contributed by atoms with Crippen molar-refractivity contribution < 1.29 is 9.72 Å². The molecule has 1 heterocycles. The molecule has 84 valence electrons. The fourth-order valence-corrected chi connectivity index (χ4v) is 2.51. The summed E-state index contributed by atoms with van der Waals surface area (Å²) in [5, 5.41) is 16.7. The highest BCUT2D eigenvalue weighted by molar-refractivity contribution is 5.80. The first-order chi connectivity index (χ1) is 7.08. The van der Waals surface area contributed by atoms with Crippen LogP contribution in [-0.2, 0) is 4.79 Å². The van der Waals surface area contributed by atoms with Gasteiger partial charge in [0.1, 0.15) is 0 Å². The summed E-state index contributed by atoms with van der Waals surface area (Å²) in [7, 11) is 0. The number of fused-ring (bicyclic) bond motifs is 1. The van der Waals surface area contributed by atoms with E-state index in [1.54, 1.807) is 0 Å². The van der Waals surface area contributed by atoms with Gasteiger partial charge < -0.3 is 5.32 Å². The van der Waals surface area contributed by atoms with Crippen molar-refractivity contribution in [1.29, 1.82) is 0 Å². The Morgan fingerprint density at radius 1 is 1.47 bits per heavy atom. The molecule has 0 bridgehead atoms. The van der Waals surface area contributed by atoms with E-state index in [0.29, 0.717) is 19.3 Å². The minimum absolute atomic E-state index is 0.0223. The zero-order chi connectivity index (χ0) is 11.0. The molecule has 6 heteroatoms. The van der Waals surface area contributed by atoms with E-state index in [2.05, 4.69) is 10.6 Å². The second kappa shape index (κ2) is 3.77. The molecule has 1 amide bonds. The van der Waals surface area contributed by atoms with Crippen molar-refractivity contribution in [3.05, 3.63) is 10.1 Å². The zero-order valence-electron chi connectivity index (χ0n) is 8.60. The van der Waals surface area contributed by atoms with E-state index in [-0.39, 0.29) is 29.0 Å². The van der Waals surface area contributed by atoms with Gasteiger partial charge in [-0.05, 0) is 13.3 Å². The maximum atomic E-state index is 11.6. The summed E-state index contributed by atoms with van der Waals surface area (Å²) in [4.78, 5) is 22.0. The molecule has 2 rings (SSSR count). The monoisotopic (exact) mass is 213 g/mol. The third-order valence-electron chi connectivity index (χ3n) is 3.28. The Labute approximate surface area is 87.6 Å². The molecule has 0 radical (unpaired) electrons. The van der Waals surface area contributed by atoms with Crippen molar-refractivity contribution in [2.75, 3.05) is 0 Å². The van der Waals surface area contributed by atoms with Crippen LogP contribution < -0.4 is 10.6 Å². The average Bonchev–Trinajstić information content (AvgIpc) is 2.16. The number of hydrogen-bond acceptors (Lipinski definition) is 4. The van der Waals surface area contributed by atoms with Crippen LogP contribution in [0.4, 0.5) is 0 Å². The van der Waals surface area contributed by atoms with Gasteiger partial charge in [-0.25, -0.2) is 0 Å². The number of carbonyl (C=O) groups excluding carboxylic acids is 1. The number of carbonyl (C=O) groups is 1. The Bertz CT molecular complexity index is 294. The molecule has 6 nitrogen and oxygen atoms in total. The van der Waals surface area contributed by atoms with Gasteiger partial charge in [-0.3, -0.25) is 20.2 Å². The first kappa shape index (κ1) is 10.4. The fraction of sp³-hybridized carbons (Fsp3) is 0.889. The maximum absolute atomic E-state index is 11.6. The molecule has 1 saturated carbocycles. The van der Waals surface area contributed by atoms with Crippen molar-refractivity contribution in [2.24, 2.45) is 5.92 Å². The third-order valence-corrected chi connectivity index (χ3v) is 3.28. The van der Waals surface area contributed by atoms with Gasteiger partial charge in [0.2, 0.25) is 11.9 Å². The molecular weight excluding hydrogens is 198 g/mol. The highest BCUT2D eigenvalue weighted by atomic mass is 16.6. The van der Waals surface area contributed by atoms with Crippen LogP contribution in [0, 0.1) is 16.0 Å². The molecular formula is C9H15N3O3. The van der Waals surface area contributed by atoms with Crippen LogP contribution >= 0.6 is 0 Å². The van der Waals surface area contributed by atoms with Crippen LogP contribution in [0.15, 0.2) is 0 Å². The topological polar surface area (TPSA) is 84.3 Å². The molecule has 2 fully saturated rings. The Balaban J connectivity index is 2.06. The summed E-state index contributed by atoms with van der Waals surface area (Å²) in [6.07, 6.45) is 1.63. The minimum Gasteiger partial charge on any atom is -0.341 e. The fourth-order valence-electron chi connectivity index (χ4n) is 2.51. The van der Waals surface area contributed by atoms with Gasteiger partial charge in [0.25, 0.3) is 0 Å². The van der Waals surface area contributed by atoms with Crippen LogP contribution in [0.25, 0.3) is 0 Å². The molecule has 4 unspecified atom stereocenters. The summed E-state index contributed by atoms with van der Waals surface area (Å²) >= 11 is 0. The standard InChI is InChI=1S/C9H15N3O3/c1-5-10-8-3-2-6(12(14)15)4-7(8)9(13)11-5/h5-8,10H,2-4H2,1H3,(H,11,13). The van der Waals surface area contributed by atoms with Gasteiger partial charge >= 0.3 is 0 Å².